The third-order valence-electron chi connectivity index (χ3n) is 5.97. The Balaban J connectivity index is 1.33. The molecule has 2 aliphatic rings. The monoisotopic (exact) mass is 423 g/mol. The van der Waals surface area contributed by atoms with Crippen molar-refractivity contribution < 1.29 is 19.1 Å². The summed E-state index contributed by atoms with van der Waals surface area (Å²) in [5.41, 5.74) is 1.50. The van der Waals surface area contributed by atoms with Crippen LogP contribution >= 0.6 is 0 Å². The summed E-state index contributed by atoms with van der Waals surface area (Å²) in [5.74, 6) is 0.977. The quantitative estimate of drug-likeness (QED) is 0.770. The largest absolute Gasteiger partial charge is 0.490 e. The lowest BCUT2D eigenvalue weighted by atomic mass is 9.95. The van der Waals surface area contributed by atoms with Crippen LogP contribution in [-0.2, 0) is 9.53 Å². The van der Waals surface area contributed by atoms with Gasteiger partial charge in [-0.05, 0) is 56.4 Å². The van der Waals surface area contributed by atoms with Crippen LogP contribution in [0.1, 0.15) is 41.6 Å². The Morgan fingerprint density at radius 2 is 1.97 bits per heavy atom. The number of benzene rings is 1. The molecule has 0 radical (unpaired) electrons. The number of carbonyl (C=O) groups excluding carboxylic acids is 2. The molecule has 0 spiro atoms. The number of amides is 2. The lowest BCUT2D eigenvalue weighted by Gasteiger charge is -2.31. The number of hydrogen-bond donors (Lipinski definition) is 1. The van der Waals surface area contributed by atoms with Crippen molar-refractivity contribution in [2.24, 2.45) is 5.92 Å². The van der Waals surface area contributed by atoms with Crippen molar-refractivity contribution in [1.82, 2.24) is 9.88 Å². The highest BCUT2D eigenvalue weighted by molar-refractivity contribution is 5.97. The fourth-order valence-electron chi connectivity index (χ4n) is 4.08. The summed E-state index contributed by atoms with van der Waals surface area (Å²) in [5, 5.41) is 2.92. The third-order valence-corrected chi connectivity index (χ3v) is 5.97. The lowest BCUT2D eigenvalue weighted by Crippen LogP contribution is -2.41. The standard InChI is InChI=1S/C24H29N3O4/c1-17-6-4-12-25-22(17)26-23(28)18-10-13-27(14-11-18)24(29)20-8-2-3-9-21(20)31-16-19-7-5-15-30-19/h2-4,6,8-9,12,18-19H,5,7,10-11,13-16H2,1H3,(H,25,26,28)/t19-/m1/s1. The summed E-state index contributed by atoms with van der Waals surface area (Å²) in [6.45, 7) is 4.23. The van der Waals surface area contributed by atoms with E-state index in [0.717, 1.165) is 25.0 Å². The summed E-state index contributed by atoms with van der Waals surface area (Å²) in [4.78, 5) is 31.8. The highest BCUT2D eigenvalue weighted by atomic mass is 16.5. The number of aromatic nitrogens is 1. The second-order valence-electron chi connectivity index (χ2n) is 8.17. The van der Waals surface area contributed by atoms with Crippen LogP contribution in [-0.4, -0.2) is 54.1 Å². The first-order chi connectivity index (χ1) is 15.1. The van der Waals surface area contributed by atoms with Crippen LogP contribution in [0.5, 0.6) is 5.75 Å². The van der Waals surface area contributed by atoms with Gasteiger partial charge in [-0.25, -0.2) is 4.98 Å². The van der Waals surface area contributed by atoms with Gasteiger partial charge < -0.3 is 19.7 Å². The first kappa shape index (κ1) is 21.3. The number of pyridine rings is 1. The molecule has 0 aliphatic carbocycles. The van der Waals surface area contributed by atoms with Crippen molar-refractivity contribution >= 4 is 17.6 Å². The van der Waals surface area contributed by atoms with E-state index in [1.807, 2.05) is 42.2 Å². The second-order valence-corrected chi connectivity index (χ2v) is 8.17. The Hall–Kier alpha value is -2.93. The van der Waals surface area contributed by atoms with Gasteiger partial charge in [0, 0.05) is 31.8 Å². The fraction of sp³-hybridized carbons (Fsp3) is 0.458. The number of para-hydroxylation sites is 1. The smallest absolute Gasteiger partial charge is 0.257 e. The highest BCUT2D eigenvalue weighted by Crippen LogP contribution is 2.25. The SMILES string of the molecule is Cc1cccnc1NC(=O)C1CCN(C(=O)c2ccccc2OC[C@H]2CCCO2)CC1. The summed E-state index contributed by atoms with van der Waals surface area (Å²) in [7, 11) is 0. The molecule has 7 nitrogen and oxygen atoms in total. The van der Waals surface area contributed by atoms with Crippen LogP contribution in [0.15, 0.2) is 42.6 Å². The van der Waals surface area contributed by atoms with E-state index in [0.29, 0.717) is 49.7 Å². The maximum atomic E-state index is 13.1. The maximum Gasteiger partial charge on any atom is 0.257 e. The highest BCUT2D eigenvalue weighted by Gasteiger charge is 2.29. The van der Waals surface area contributed by atoms with E-state index < -0.39 is 0 Å². The number of aryl methyl sites for hydroxylation is 1. The predicted molar refractivity (Wildman–Crippen MR) is 117 cm³/mol. The van der Waals surface area contributed by atoms with Gasteiger partial charge in [0.15, 0.2) is 0 Å². The molecule has 7 heteroatoms. The van der Waals surface area contributed by atoms with Gasteiger partial charge in [0.05, 0.1) is 11.7 Å². The van der Waals surface area contributed by atoms with E-state index >= 15 is 0 Å². The van der Waals surface area contributed by atoms with Crippen LogP contribution < -0.4 is 10.1 Å². The molecule has 0 unspecified atom stereocenters. The number of hydrogen-bond acceptors (Lipinski definition) is 5. The average Bonchev–Trinajstić information content (AvgIpc) is 3.33. The van der Waals surface area contributed by atoms with Gasteiger partial charge in [-0.2, -0.15) is 0 Å². The van der Waals surface area contributed by atoms with Crippen LogP contribution in [0, 0.1) is 12.8 Å². The fourth-order valence-corrected chi connectivity index (χ4v) is 4.08. The number of likely N-dealkylation sites (tertiary alicyclic amines) is 1. The second kappa shape index (κ2) is 9.92. The molecule has 2 fully saturated rings. The van der Waals surface area contributed by atoms with Gasteiger partial charge in [0.2, 0.25) is 5.91 Å². The number of nitrogens with zero attached hydrogens (tertiary/aromatic N) is 2. The molecular weight excluding hydrogens is 394 g/mol. The summed E-state index contributed by atoms with van der Waals surface area (Å²) in [6, 6.07) is 11.1. The van der Waals surface area contributed by atoms with E-state index in [9.17, 15) is 9.59 Å². The molecule has 1 atom stereocenters. The minimum Gasteiger partial charge on any atom is -0.490 e. The van der Waals surface area contributed by atoms with Crippen molar-refractivity contribution in [2.75, 3.05) is 31.6 Å². The third kappa shape index (κ3) is 5.22. The summed E-state index contributed by atoms with van der Waals surface area (Å²) in [6.07, 6.45) is 5.06. The van der Waals surface area contributed by atoms with E-state index in [-0.39, 0.29) is 23.8 Å². The molecule has 2 aromatic rings. The van der Waals surface area contributed by atoms with Crippen LogP contribution in [0.2, 0.25) is 0 Å². The van der Waals surface area contributed by atoms with Crippen LogP contribution in [0.25, 0.3) is 0 Å². The van der Waals surface area contributed by atoms with Gasteiger partial charge >= 0.3 is 0 Å². The number of nitrogens with one attached hydrogen (secondary N) is 1. The molecule has 1 aromatic carbocycles. The van der Waals surface area contributed by atoms with Crippen LogP contribution in [0.3, 0.4) is 0 Å². The molecule has 31 heavy (non-hydrogen) atoms. The Morgan fingerprint density at radius 1 is 1.16 bits per heavy atom. The van der Waals surface area contributed by atoms with Gasteiger partial charge in [-0.15, -0.1) is 0 Å². The molecule has 4 rings (SSSR count). The Labute approximate surface area is 182 Å². The molecule has 3 heterocycles. The van der Waals surface area contributed by atoms with Crippen molar-refractivity contribution in [3.05, 3.63) is 53.7 Å². The number of carbonyl (C=O) groups is 2. The number of rotatable bonds is 6. The van der Waals surface area contributed by atoms with E-state index in [1.165, 1.54) is 0 Å². The Morgan fingerprint density at radius 3 is 2.71 bits per heavy atom. The lowest BCUT2D eigenvalue weighted by molar-refractivity contribution is -0.121. The van der Waals surface area contributed by atoms with Gasteiger partial charge in [0.25, 0.3) is 5.91 Å². The molecule has 0 saturated carbocycles. The molecule has 2 amide bonds. The van der Waals surface area contributed by atoms with Crippen LogP contribution in [0.4, 0.5) is 5.82 Å². The molecule has 1 N–H and O–H groups in total. The zero-order valence-corrected chi connectivity index (χ0v) is 17.9. The van der Waals surface area contributed by atoms with Gasteiger partial charge in [-0.3, -0.25) is 9.59 Å². The average molecular weight is 424 g/mol. The van der Waals surface area contributed by atoms with Crippen molar-refractivity contribution in [1.29, 1.82) is 0 Å². The maximum absolute atomic E-state index is 13.1. The van der Waals surface area contributed by atoms with E-state index in [4.69, 9.17) is 9.47 Å². The molecule has 2 saturated heterocycles. The van der Waals surface area contributed by atoms with Crippen molar-refractivity contribution in [3.63, 3.8) is 0 Å². The topological polar surface area (TPSA) is 80.8 Å². The van der Waals surface area contributed by atoms with Crippen molar-refractivity contribution in [3.8, 4) is 5.75 Å². The molecular formula is C24H29N3O4. The predicted octanol–water partition coefficient (Wildman–Crippen LogP) is 3.44. The molecule has 0 bridgehead atoms. The number of piperidine rings is 1. The number of anilines is 1. The first-order valence-corrected chi connectivity index (χ1v) is 11.0. The first-order valence-electron chi connectivity index (χ1n) is 11.0. The zero-order valence-electron chi connectivity index (χ0n) is 17.9. The van der Waals surface area contributed by atoms with Gasteiger partial charge in [0.1, 0.15) is 18.2 Å². The summed E-state index contributed by atoms with van der Waals surface area (Å²) < 4.78 is 11.5. The minimum atomic E-state index is -0.128. The zero-order chi connectivity index (χ0) is 21.6. The molecule has 164 valence electrons. The molecule has 2 aliphatic heterocycles. The Kier molecular flexibility index (Phi) is 6.82. The number of ether oxygens (including phenoxy) is 2. The van der Waals surface area contributed by atoms with Crippen molar-refractivity contribution in [2.45, 2.75) is 38.7 Å². The Bertz CT molecular complexity index is 919. The van der Waals surface area contributed by atoms with Gasteiger partial charge in [-0.1, -0.05) is 18.2 Å². The molecule has 1 aromatic heterocycles. The summed E-state index contributed by atoms with van der Waals surface area (Å²) >= 11 is 0. The normalized spacial score (nSPS) is 19.3. The minimum absolute atomic E-state index is 0.0332. The van der Waals surface area contributed by atoms with E-state index in [2.05, 4.69) is 10.3 Å². The van der Waals surface area contributed by atoms with E-state index in [1.54, 1.807) is 12.3 Å².